The Kier molecular flexibility index (Phi) is 3.62. The van der Waals surface area contributed by atoms with Gasteiger partial charge in [0, 0.05) is 5.56 Å². The van der Waals surface area contributed by atoms with Gasteiger partial charge in [-0.15, -0.1) is 0 Å². The van der Waals surface area contributed by atoms with Crippen molar-refractivity contribution >= 4 is 31.6 Å². The number of hydrogen-bond donors (Lipinski definition) is 2. The van der Waals surface area contributed by atoms with Crippen molar-refractivity contribution in [3.05, 3.63) is 17.7 Å². The summed E-state index contributed by atoms with van der Waals surface area (Å²) in [5.41, 5.74) is -0.0928. The smallest absolute Gasteiger partial charge is 0.326 e. The summed E-state index contributed by atoms with van der Waals surface area (Å²) in [6.45, 7) is 2.38. The number of sulfone groups is 1. The van der Waals surface area contributed by atoms with Crippen LogP contribution >= 0.6 is 0 Å². The third-order valence-electron chi connectivity index (χ3n) is 3.16. The lowest BCUT2D eigenvalue weighted by atomic mass is 10.2. The fourth-order valence-electron chi connectivity index (χ4n) is 2.02. The summed E-state index contributed by atoms with van der Waals surface area (Å²) >= 11 is 0. The van der Waals surface area contributed by atoms with Crippen molar-refractivity contribution in [2.45, 2.75) is 18.7 Å². The molecule has 1 amide bonds. The van der Waals surface area contributed by atoms with Gasteiger partial charge in [0.2, 0.25) is 0 Å². The monoisotopic (exact) mass is 334 g/mol. The summed E-state index contributed by atoms with van der Waals surface area (Å²) in [5, 5.41) is 10.1. The van der Waals surface area contributed by atoms with E-state index in [1.165, 1.54) is 26.0 Å². The molecule has 1 aliphatic heterocycles. The van der Waals surface area contributed by atoms with Crippen LogP contribution in [0, 0.1) is 6.92 Å². The van der Waals surface area contributed by atoms with Crippen LogP contribution in [0.4, 0.5) is 5.69 Å². The molecule has 1 heterocycles. The first-order valence-corrected chi connectivity index (χ1v) is 9.08. The first-order valence-electron chi connectivity index (χ1n) is 5.99. The van der Waals surface area contributed by atoms with Crippen LogP contribution in [0.2, 0.25) is 0 Å². The van der Waals surface area contributed by atoms with Gasteiger partial charge in [0.05, 0.1) is 16.3 Å². The van der Waals surface area contributed by atoms with Crippen LogP contribution in [0.3, 0.4) is 0 Å². The molecule has 0 spiro atoms. The van der Waals surface area contributed by atoms with Crippen molar-refractivity contribution < 1.29 is 26.7 Å². The molecule has 2 rings (SSSR count). The number of amides is 1. The van der Waals surface area contributed by atoms with Crippen molar-refractivity contribution in [3.63, 3.8) is 0 Å². The quantitative estimate of drug-likeness (QED) is 0.781. The Hall–Kier alpha value is -1.81. The van der Waals surface area contributed by atoms with Gasteiger partial charge in [-0.25, -0.2) is 17.4 Å². The molecule has 0 unspecified atom stereocenters. The molecule has 1 fully saturated rings. The van der Waals surface area contributed by atoms with Gasteiger partial charge in [0.25, 0.3) is 5.91 Å². The highest BCUT2D eigenvalue weighted by Gasteiger charge is 2.36. The number of nitrogens with one attached hydrogen (secondary N) is 1. The fraction of sp³-hybridized carbons (Fsp3) is 0.364. The van der Waals surface area contributed by atoms with E-state index in [0.717, 1.165) is 0 Å². The van der Waals surface area contributed by atoms with Gasteiger partial charge in [-0.2, -0.15) is 8.42 Å². The second-order valence-electron chi connectivity index (χ2n) is 4.50. The Morgan fingerprint density at radius 1 is 1.38 bits per heavy atom. The van der Waals surface area contributed by atoms with Gasteiger partial charge in [-0.3, -0.25) is 4.79 Å². The number of benzene rings is 1. The lowest BCUT2D eigenvalue weighted by Crippen LogP contribution is -2.29. The van der Waals surface area contributed by atoms with Crippen LogP contribution < -0.4 is 9.03 Å². The van der Waals surface area contributed by atoms with Gasteiger partial charge < -0.3 is 5.11 Å². The maximum absolute atomic E-state index is 11.9. The topological polar surface area (TPSA) is 121 Å². The van der Waals surface area contributed by atoms with Crippen LogP contribution in [-0.2, 0) is 24.8 Å². The Labute approximate surface area is 122 Å². The standard InChI is InChI=1S/C11H14N2O6S2/c1-3-20(16,17)9-5-4-8(11(15)7(9)2)13-6-10(14)12-21(13,18)19/h4-5,15H,3,6H2,1-2H3,(H,12,14). The predicted octanol–water partition coefficient (Wildman–Crippen LogP) is -0.325. The minimum absolute atomic E-state index is 0.0453. The fourth-order valence-corrected chi connectivity index (χ4v) is 4.33. The third kappa shape index (κ3) is 2.56. The first kappa shape index (κ1) is 15.6. The van der Waals surface area contributed by atoms with E-state index in [2.05, 4.69) is 0 Å². The molecule has 1 aliphatic rings. The molecule has 1 aromatic carbocycles. The number of carbonyl (C=O) groups excluding carboxylic acids is 1. The predicted molar refractivity (Wildman–Crippen MR) is 75.0 cm³/mol. The van der Waals surface area contributed by atoms with Crippen LogP contribution in [0.5, 0.6) is 5.75 Å². The van der Waals surface area contributed by atoms with Crippen molar-refractivity contribution in [1.29, 1.82) is 0 Å². The molecule has 0 aromatic heterocycles. The highest BCUT2D eigenvalue weighted by molar-refractivity contribution is 7.92. The van der Waals surface area contributed by atoms with Gasteiger partial charge in [-0.1, -0.05) is 6.92 Å². The Balaban J connectivity index is 2.60. The van der Waals surface area contributed by atoms with Gasteiger partial charge in [0.1, 0.15) is 12.3 Å². The molecule has 0 aliphatic carbocycles. The molecule has 1 saturated heterocycles. The van der Waals surface area contributed by atoms with Gasteiger partial charge >= 0.3 is 10.2 Å². The number of anilines is 1. The number of nitrogens with zero attached hydrogens (tertiary/aromatic N) is 1. The lowest BCUT2D eigenvalue weighted by molar-refractivity contribution is -0.117. The van der Waals surface area contributed by atoms with E-state index in [0.29, 0.717) is 4.31 Å². The van der Waals surface area contributed by atoms with Gasteiger partial charge in [-0.05, 0) is 19.1 Å². The average Bonchev–Trinajstić information content (AvgIpc) is 2.65. The van der Waals surface area contributed by atoms with Crippen LogP contribution in [-0.4, -0.2) is 40.1 Å². The highest BCUT2D eigenvalue weighted by atomic mass is 32.2. The summed E-state index contributed by atoms with van der Waals surface area (Å²) in [7, 11) is -7.60. The third-order valence-corrected chi connectivity index (χ3v) is 6.43. The van der Waals surface area contributed by atoms with Crippen molar-refractivity contribution in [2.75, 3.05) is 16.6 Å². The molecule has 0 saturated carbocycles. The molecule has 116 valence electrons. The summed E-state index contributed by atoms with van der Waals surface area (Å²) in [6, 6.07) is 2.39. The number of aromatic hydroxyl groups is 1. The highest BCUT2D eigenvalue weighted by Crippen LogP contribution is 2.36. The van der Waals surface area contributed by atoms with Crippen molar-refractivity contribution in [3.8, 4) is 5.75 Å². The Morgan fingerprint density at radius 2 is 2.00 bits per heavy atom. The minimum Gasteiger partial charge on any atom is -0.505 e. The number of phenolic OH excluding ortho intramolecular Hbond substituents is 1. The van der Waals surface area contributed by atoms with E-state index >= 15 is 0 Å². The van der Waals surface area contributed by atoms with Crippen LogP contribution in [0.15, 0.2) is 17.0 Å². The molecule has 10 heteroatoms. The van der Waals surface area contributed by atoms with E-state index in [4.69, 9.17) is 0 Å². The molecule has 0 radical (unpaired) electrons. The lowest BCUT2D eigenvalue weighted by Gasteiger charge is -2.18. The molecule has 8 nitrogen and oxygen atoms in total. The van der Waals surface area contributed by atoms with Crippen LogP contribution in [0.25, 0.3) is 0 Å². The summed E-state index contributed by atoms with van der Waals surface area (Å²) in [4.78, 5) is 11.1. The zero-order valence-corrected chi connectivity index (χ0v) is 13.0. The number of phenols is 1. The van der Waals surface area contributed by atoms with Crippen molar-refractivity contribution in [1.82, 2.24) is 4.72 Å². The Bertz CT molecular complexity index is 813. The van der Waals surface area contributed by atoms with E-state index in [1.807, 2.05) is 0 Å². The van der Waals surface area contributed by atoms with E-state index in [-0.39, 0.29) is 21.9 Å². The average molecular weight is 334 g/mol. The Morgan fingerprint density at radius 3 is 2.48 bits per heavy atom. The molecule has 2 N–H and O–H groups in total. The second-order valence-corrected chi connectivity index (χ2v) is 8.34. The largest absolute Gasteiger partial charge is 0.505 e. The molecule has 1 aromatic rings. The summed E-state index contributed by atoms with van der Waals surface area (Å²) < 4.78 is 49.7. The summed E-state index contributed by atoms with van der Waals surface area (Å²) in [5.74, 6) is -1.35. The van der Waals surface area contributed by atoms with E-state index in [9.17, 15) is 26.7 Å². The van der Waals surface area contributed by atoms with E-state index < -0.39 is 38.2 Å². The number of rotatable bonds is 3. The maximum atomic E-state index is 11.9. The van der Waals surface area contributed by atoms with E-state index in [1.54, 1.807) is 4.72 Å². The number of carbonyl (C=O) groups is 1. The minimum atomic E-state index is -4.06. The zero-order chi connectivity index (χ0) is 16.0. The molecule has 0 atom stereocenters. The summed E-state index contributed by atoms with van der Waals surface area (Å²) in [6.07, 6.45) is 0. The number of hydrogen-bond acceptors (Lipinski definition) is 6. The SMILES string of the molecule is CCS(=O)(=O)c1ccc(N2CC(=O)NS2(=O)=O)c(O)c1C. The zero-order valence-electron chi connectivity index (χ0n) is 11.3. The molecular weight excluding hydrogens is 320 g/mol. The second kappa shape index (κ2) is 4.88. The molecule has 21 heavy (non-hydrogen) atoms. The first-order chi connectivity index (χ1) is 9.60. The molecule has 0 bridgehead atoms. The molecular formula is C11H14N2O6S2. The van der Waals surface area contributed by atoms with Crippen LogP contribution in [0.1, 0.15) is 12.5 Å². The normalized spacial score (nSPS) is 17.8. The van der Waals surface area contributed by atoms with Gasteiger partial charge in [0.15, 0.2) is 9.84 Å². The maximum Gasteiger partial charge on any atom is 0.326 e. The van der Waals surface area contributed by atoms with Crippen molar-refractivity contribution in [2.24, 2.45) is 0 Å².